The number of sulfonamides is 1. The van der Waals surface area contributed by atoms with Gasteiger partial charge in [0.25, 0.3) is 0 Å². The summed E-state index contributed by atoms with van der Waals surface area (Å²) in [6.07, 6.45) is 3.23. The zero-order valence-corrected chi connectivity index (χ0v) is 20.3. The molecule has 0 radical (unpaired) electrons. The number of hydrogen-bond donors (Lipinski definition) is 4. The van der Waals surface area contributed by atoms with Crippen LogP contribution in [0.5, 0.6) is 0 Å². The summed E-state index contributed by atoms with van der Waals surface area (Å²) in [6, 6.07) is 3.29. The maximum atomic E-state index is 12.1. The molecule has 0 bridgehead atoms. The molecule has 4 N–H and O–H groups in total. The van der Waals surface area contributed by atoms with Crippen LogP contribution in [0.15, 0.2) is 26.7 Å². The number of nitrogens with zero attached hydrogens (tertiary/aromatic N) is 1. The number of nitrogens with one attached hydrogen (secondary N) is 3. The Kier molecular flexibility index (Phi) is 13.5. The Morgan fingerprint density at radius 2 is 1.85 bits per heavy atom. The van der Waals surface area contributed by atoms with E-state index in [1.807, 2.05) is 20.8 Å². The number of aliphatic imine (C=N–C) groups is 1. The van der Waals surface area contributed by atoms with Crippen molar-refractivity contribution in [1.82, 2.24) is 15.4 Å². The lowest BCUT2D eigenvalue weighted by Crippen LogP contribution is -2.43. The van der Waals surface area contributed by atoms with Crippen LogP contribution in [-0.4, -0.2) is 51.3 Å². The number of halogens is 1. The van der Waals surface area contributed by atoms with E-state index in [9.17, 15) is 13.5 Å². The van der Waals surface area contributed by atoms with Crippen LogP contribution in [0.4, 0.5) is 0 Å². The van der Waals surface area contributed by atoms with Gasteiger partial charge in [-0.15, -0.1) is 35.3 Å². The molecular formula is C17H33IN4O3S2. The number of thiophene rings is 1. The first kappa shape index (κ1) is 26.6. The molecule has 0 aliphatic rings. The molecule has 1 heterocycles. The van der Waals surface area contributed by atoms with Crippen LogP contribution in [0.3, 0.4) is 0 Å². The van der Waals surface area contributed by atoms with Crippen molar-refractivity contribution >= 4 is 51.3 Å². The van der Waals surface area contributed by atoms with Gasteiger partial charge in [0.05, 0.1) is 12.1 Å². The van der Waals surface area contributed by atoms with Gasteiger partial charge in [-0.05, 0) is 31.2 Å². The summed E-state index contributed by atoms with van der Waals surface area (Å²) < 4.78 is 27.0. The molecule has 0 aliphatic carbocycles. The molecule has 1 rings (SSSR count). The van der Waals surface area contributed by atoms with E-state index in [2.05, 4.69) is 20.3 Å². The molecule has 0 aliphatic heterocycles. The predicted molar refractivity (Wildman–Crippen MR) is 124 cm³/mol. The molecule has 1 aromatic rings. The third-order valence-electron chi connectivity index (χ3n) is 3.78. The molecule has 1 aromatic heterocycles. The predicted octanol–water partition coefficient (Wildman–Crippen LogP) is 2.53. The van der Waals surface area contributed by atoms with Gasteiger partial charge in [-0.3, -0.25) is 4.99 Å². The van der Waals surface area contributed by atoms with E-state index in [1.165, 1.54) is 11.3 Å². The molecule has 0 unspecified atom stereocenters. The lowest BCUT2D eigenvalue weighted by Gasteiger charge is -2.26. The molecule has 0 atom stereocenters. The molecule has 0 saturated carbocycles. The van der Waals surface area contributed by atoms with Crippen molar-refractivity contribution in [1.29, 1.82) is 0 Å². The van der Waals surface area contributed by atoms with Crippen LogP contribution in [0.25, 0.3) is 0 Å². The molecule has 158 valence electrons. The van der Waals surface area contributed by atoms with Gasteiger partial charge in [0.15, 0.2) is 5.96 Å². The van der Waals surface area contributed by atoms with Gasteiger partial charge in [-0.2, -0.15) is 0 Å². The second-order valence-corrected chi connectivity index (χ2v) is 9.12. The van der Waals surface area contributed by atoms with Crippen LogP contribution in [0.2, 0.25) is 0 Å². The van der Waals surface area contributed by atoms with Crippen molar-refractivity contribution < 1.29 is 13.5 Å². The van der Waals surface area contributed by atoms with Gasteiger partial charge >= 0.3 is 0 Å². The van der Waals surface area contributed by atoms with Crippen molar-refractivity contribution in [2.24, 2.45) is 4.99 Å². The Bertz CT molecular complexity index is 631. The van der Waals surface area contributed by atoms with E-state index in [0.717, 1.165) is 12.8 Å². The number of hydrogen-bond acceptors (Lipinski definition) is 5. The van der Waals surface area contributed by atoms with Gasteiger partial charge in [0.1, 0.15) is 4.21 Å². The van der Waals surface area contributed by atoms with E-state index >= 15 is 0 Å². The molecule has 10 heteroatoms. The second kappa shape index (κ2) is 13.7. The Labute approximate surface area is 184 Å². The van der Waals surface area contributed by atoms with Crippen LogP contribution in [0, 0.1) is 0 Å². The Balaban J connectivity index is 0.00000676. The van der Waals surface area contributed by atoms with Gasteiger partial charge in [-0.1, -0.05) is 32.8 Å². The molecule has 0 amide bonds. The zero-order valence-electron chi connectivity index (χ0n) is 16.3. The average molecular weight is 533 g/mol. The summed E-state index contributed by atoms with van der Waals surface area (Å²) in [5.41, 5.74) is -0.785. The number of guanidine groups is 1. The highest BCUT2D eigenvalue weighted by Gasteiger charge is 2.24. The minimum absolute atomic E-state index is 0. The van der Waals surface area contributed by atoms with Gasteiger partial charge in [0, 0.05) is 19.6 Å². The fourth-order valence-corrected chi connectivity index (χ4v) is 4.70. The molecular weight excluding hydrogens is 499 g/mol. The molecule has 0 saturated heterocycles. The normalized spacial score (nSPS) is 12.5. The molecule has 0 fully saturated rings. The highest BCUT2D eigenvalue weighted by Crippen LogP contribution is 2.19. The molecule has 27 heavy (non-hydrogen) atoms. The SMILES string of the molecule is CCCC(O)(CCC)CN=C(NCC)NCCNS(=O)(=O)c1cccs1.I. The Morgan fingerprint density at radius 1 is 1.19 bits per heavy atom. The van der Waals surface area contributed by atoms with E-state index < -0.39 is 15.6 Å². The van der Waals surface area contributed by atoms with Gasteiger partial charge in [-0.25, -0.2) is 13.1 Å². The highest BCUT2D eigenvalue weighted by molar-refractivity contribution is 14.0. The standard InChI is InChI=1S/C17H32N4O3S2.HI/c1-4-9-17(22,10-5-2)14-20-16(18-6-3)19-11-12-21-26(23,24)15-8-7-13-25-15;/h7-8,13,21-22H,4-6,9-12,14H2,1-3H3,(H2,18,19,20);1H. The van der Waals surface area contributed by atoms with Crippen molar-refractivity contribution in [3.05, 3.63) is 17.5 Å². The van der Waals surface area contributed by atoms with Crippen molar-refractivity contribution in [3.63, 3.8) is 0 Å². The topological polar surface area (TPSA) is 103 Å². The largest absolute Gasteiger partial charge is 0.388 e. The first-order valence-electron chi connectivity index (χ1n) is 9.14. The first-order chi connectivity index (χ1) is 12.4. The summed E-state index contributed by atoms with van der Waals surface area (Å²) in [5, 5.41) is 18.6. The fraction of sp³-hybridized carbons (Fsp3) is 0.706. The summed E-state index contributed by atoms with van der Waals surface area (Å²) in [6.45, 7) is 7.72. The Hall–Kier alpha value is -0.430. The summed E-state index contributed by atoms with van der Waals surface area (Å²) in [4.78, 5) is 4.48. The van der Waals surface area contributed by atoms with Gasteiger partial charge in [0.2, 0.25) is 10.0 Å². The van der Waals surface area contributed by atoms with Crippen LogP contribution in [0.1, 0.15) is 46.5 Å². The van der Waals surface area contributed by atoms with Crippen LogP contribution < -0.4 is 15.4 Å². The van der Waals surface area contributed by atoms with Crippen molar-refractivity contribution in [2.45, 2.75) is 56.3 Å². The highest BCUT2D eigenvalue weighted by atomic mass is 127. The quantitative estimate of drug-likeness (QED) is 0.143. The average Bonchev–Trinajstić information content (AvgIpc) is 3.12. The molecule has 0 aromatic carbocycles. The summed E-state index contributed by atoms with van der Waals surface area (Å²) >= 11 is 1.19. The van der Waals surface area contributed by atoms with E-state index in [4.69, 9.17) is 0 Å². The smallest absolute Gasteiger partial charge is 0.250 e. The van der Waals surface area contributed by atoms with E-state index in [1.54, 1.807) is 17.5 Å². The Morgan fingerprint density at radius 3 is 2.37 bits per heavy atom. The lowest BCUT2D eigenvalue weighted by molar-refractivity contribution is 0.0306. The number of aliphatic hydroxyl groups is 1. The minimum Gasteiger partial charge on any atom is -0.388 e. The summed E-state index contributed by atoms with van der Waals surface area (Å²) in [5.74, 6) is 0.577. The second-order valence-electron chi connectivity index (χ2n) is 6.18. The maximum absolute atomic E-state index is 12.1. The summed E-state index contributed by atoms with van der Waals surface area (Å²) in [7, 11) is -3.45. The molecule has 7 nitrogen and oxygen atoms in total. The van der Waals surface area contributed by atoms with Crippen molar-refractivity contribution in [2.75, 3.05) is 26.2 Å². The van der Waals surface area contributed by atoms with E-state index in [0.29, 0.717) is 42.6 Å². The molecule has 0 spiro atoms. The third kappa shape index (κ3) is 10.1. The minimum atomic E-state index is -3.45. The first-order valence-corrected chi connectivity index (χ1v) is 11.5. The monoisotopic (exact) mass is 532 g/mol. The lowest BCUT2D eigenvalue weighted by atomic mass is 9.93. The van der Waals surface area contributed by atoms with Crippen LogP contribution >= 0.6 is 35.3 Å². The van der Waals surface area contributed by atoms with Crippen LogP contribution in [-0.2, 0) is 10.0 Å². The maximum Gasteiger partial charge on any atom is 0.250 e. The van der Waals surface area contributed by atoms with E-state index in [-0.39, 0.29) is 30.5 Å². The fourth-order valence-electron chi connectivity index (χ4n) is 2.64. The number of rotatable bonds is 12. The third-order valence-corrected chi connectivity index (χ3v) is 6.63. The van der Waals surface area contributed by atoms with Gasteiger partial charge < -0.3 is 15.7 Å². The zero-order chi connectivity index (χ0) is 19.5. The van der Waals surface area contributed by atoms with Crippen molar-refractivity contribution in [3.8, 4) is 0 Å².